The second kappa shape index (κ2) is 3.20. The molecule has 2 N–H and O–H groups in total. The molecule has 0 radical (unpaired) electrons. The van der Waals surface area contributed by atoms with Crippen LogP contribution in [0.2, 0.25) is 0 Å². The molecule has 80 valence electrons. The quantitative estimate of drug-likeness (QED) is 0.651. The SMILES string of the molecule is Cc1cc(C)c(-c2nc3ncccc3[nH]2)[nH]1. The van der Waals surface area contributed by atoms with Crippen LogP contribution in [0.25, 0.3) is 22.7 Å². The first kappa shape index (κ1) is 9.15. The fraction of sp³-hybridized carbons (Fsp3) is 0.167. The molecule has 16 heavy (non-hydrogen) atoms. The maximum absolute atomic E-state index is 4.46. The number of fused-ring (bicyclic) bond motifs is 1. The zero-order chi connectivity index (χ0) is 11.1. The number of hydrogen-bond donors (Lipinski definition) is 2. The van der Waals surface area contributed by atoms with Crippen LogP contribution in [-0.4, -0.2) is 19.9 Å². The van der Waals surface area contributed by atoms with E-state index in [4.69, 9.17) is 0 Å². The van der Waals surface area contributed by atoms with Gasteiger partial charge in [0, 0.05) is 11.9 Å². The molecule has 0 aliphatic heterocycles. The van der Waals surface area contributed by atoms with Crippen LogP contribution in [0.15, 0.2) is 24.4 Å². The Morgan fingerprint density at radius 1 is 1.19 bits per heavy atom. The Bertz CT molecular complexity index is 615. The Hall–Kier alpha value is -2.10. The van der Waals surface area contributed by atoms with Crippen molar-refractivity contribution in [2.45, 2.75) is 13.8 Å². The van der Waals surface area contributed by atoms with Crippen LogP contribution in [0, 0.1) is 13.8 Å². The van der Waals surface area contributed by atoms with Crippen molar-refractivity contribution in [1.82, 2.24) is 19.9 Å². The topological polar surface area (TPSA) is 57.4 Å². The van der Waals surface area contributed by atoms with Gasteiger partial charge in [-0.25, -0.2) is 9.97 Å². The summed E-state index contributed by atoms with van der Waals surface area (Å²) in [5.41, 5.74) is 5.08. The van der Waals surface area contributed by atoms with E-state index in [1.54, 1.807) is 6.20 Å². The molecule has 4 nitrogen and oxygen atoms in total. The number of pyridine rings is 1. The van der Waals surface area contributed by atoms with E-state index in [0.29, 0.717) is 0 Å². The van der Waals surface area contributed by atoms with E-state index in [1.165, 1.54) is 5.56 Å². The highest BCUT2D eigenvalue weighted by molar-refractivity contribution is 5.75. The van der Waals surface area contributed by atoms with Gasteiger partial charge in [-0.05, 0) is 37.6 Å². The van der Waals surface area contributed by atoms with Crippen LogP contribution in [0.4, 0.5) is 0 Å². The zero-order valence-corrected chi connectivity index (χ0v) is 9.20. The predicted molar refractivity (Wildman–Crippen MR) is 63.1 cm³/mol. The third-order valence-electron chi connectivity index (χ3n) is 2.64. The minimum atomic E-state index is 0.754. The van der Waals surface area contributed by atoms with Crippen molar-refractivity contribution >= 4 is 11.2 Å². The summed E-state index contributed by atoms with van der Waals surface area (Å²) >= 11 is 0. The van der Waals surface area contributed by atoms with E-state index in [2.05, 4.69) is 32.9 Å². The molecule has 0 aromatic carbocycles. The molecule has 3 rings (SSSR count). The van der Waals surface area contributed by atoms with Gasteiger partial charge in [0.1, 0.15) is 0 Å². The molecule has 3 aromatic heterocycles. The molecule has 0 fully saturated rings. The highest BCUT2D eigenvalue weighted by Gasteiger charge is 2.09. The summed E-state index contributed by atoms with van der Waals surface area (Å²) in [6.07, 6.45) is 1.75. The van der Waals surface area contributed by atoms with Gasteiger partial charge in [0.25, 0.3) is 0 Å². The lowest BCUT2D eigenvalue weighted by atomic mass is 10.2. The van der Waals surface area contributed by atoms with Crippen LogP contribution < -0.4 is 0 Å². The van der Waals surface area contributed by atoms with E-state index in [0.717, 1.165) is 28.4 Å². The van der Waals surface area contributed by atoms with Gasteiger partial charge in [0.15, 0.2) is 11.5 Å². The lowest BCUT2D eigenvalue weighted by Gasteiger charge is -1.93. The van der Waals surface area contributed by atoms with Crippen LogP contribution in [-0.2, 0) is 0 Å². The Balaban J connectivity index is 2.22. The molecule has 0 saturated heterocycles. The molecule has 0 bridgehead atoms. The highest BCUT2D eigenvalue weighted by Crippen LogP contribution is 2.22. The summed E-state index contributed by atoms with van der Waals surface area (Å²) in [4.78, 5) is 15.2. The van der Waals surface area contributed by atoms with Crippen molar-refractivity contribution in [3.63, 3.8) is 0 Å². The Morgan fingerprint density at radius 2 is 2.06 bits per heavy atom. The highest BCUT2D eigenvalue weighted by atomic mass is 15.0. The lowest BCUT2D eigenvalue weighted by Crippen LogP contribution is -1.83. The fourth-order valence-electron chi connectivity index (χ4n) is 1.94. The fourth-order valence-corrected chi connectivity index (χ4v) is 1.94. The minimum Gasteiger partial charge on any atom is -0.356 e. The van der Waals surface area contributed by atoms with E-state index in [9.17, 15) is 0 Å². The van der Waals surface area contributed by atoms with Crippen molar-refractivity contribution in [3.05, 3.63) is 35.7 Å². The largest absolute Gasteiger partial charge is 0.356 e. The Labute approximate surface area is 92.8 Å². The van der Waals surface area contributed by atoms with Gasteiger partial charge in [0.2, 0.25) is 0 Å². The summed E-state index contributed by atoms with van der Waals surface area (Å²) in [7, 11) is 0. The molecular formula is C12H12N4. The number of nitrogens with zero attached hydrogens (tertiary/aromatic N) is 2. The molecule has 4 heteroatoms. The first-order valence-corrected chi connectivity index (χ1v) is 5.21. The number of aromatic nitrogens is 4. The standard InChI is InChI=1S/C12H12N4/c1-7-6-8(2)14-10(7)12-15-9-4-3-5-13-11(9)16-12/h3-6,14H,1-2H3,(H,13,15,16). The summed E-state index contributed by atoms with van der Waals surface area (Å²) < 4.78 is 0. The third kappa shape index (κ3) is 1.31. The molecule has 0 aliphatic carbocycles. The number of aryl methyl sites for hydroxylation is 2. The molecule has 0 atom stereocenters. The average molecular weight is 212 g/mol. The normalized spacial score (nSPS) is 11.1. The van der Waals surface area contributed by atoms with Crippen molar-refractivity contribution in [2.75, 3.05) is 0 Å². The van der Waals surface area contributed by atoms with Gasteiger partial charge in [-0.3, -0.25) is 0 Å². The smallest absolute Gasteiger partial charge is 0.178 e. The first-order valence-electron chi connectivity index (χ1n) is 5.21. The molecule has 0 aliphatic rings. The van der Waals surface area contributed by atoms with Crippen LogP contribution in [0.5, 0.6) is 0 Å². The zero-order valence-electron chi connectivity index (χ0n) is 9.20. The van der Waals surface area contributed by atoms with Crippen molar-refractivity contribution < 1.29 is 0 Å². The summed E-state index contributed by atoms with van der Waals surface area (Å²) in [6.45, 7) is 4.11. The Morgan fingerprint density at radius 3 is 2.75 bits per heavy atom. The third-order valence-corrected chi connectivity index (χ3v) is 2.64. The molecule has 0 unspecified atom stereocenters. The van der Waals surface area contributed by atoms with Crippen molar-refractivity contribution in [3.8, 4) is 11.5 Å². The molecule has 0 spiro atoms. The van der Waals surface area contributed by atoms with Crippen LogP contribution in [0.1, 0.15) is 11.3 Å². The molecule has 0 amide bonds. The predicted octanol–water partition coefficient (Wildman–Crippen LogP) is 2.57. The number of aromatic amines is 2. The van der Waals surface area contributed by atoms with E-state index in [-0.39, 0.29) is 0 Å². The van der Waals surface area contributed by atoms with Gasteiger partial charge in [-0.15, -0.1) is 0 Å². The van der Waals surface area contributed by atoms with Crippen LogP contribution >= 0.6 is 0 Å². The second-order valence-corrected chi connectivity index (χ2v) is 3.97. The van der Waals surface area contributed by atoms with Gasteiger partial charge < -0.3 is 9.97 Å². The van der Waals surface area contributed by atoms with E-state index >= 15 is 0 Å². The number of nitrogens with one attached hydrogen (secondary N) is 2. The number of H-pyrrole nitrogens is 2. The number of rotatable bonds is 1. The number of imidazole rings is 1. The maximum atomic E-state index is 4.46. The Kier molecular flexibility index (Phi) is 1.83. The van der Waals surface area contributed by atoms with Gasteiger partial charge in [-0.2, -0.15) is 0 Å². The molecular weight excluding hydrogens is 200 g/mol. The van der Waals surface area contributed by atoms with Crippen LogP contribution in [0.3, 0.4) is 0 Å². The van der Waals surface area contributed by atoms with Gasteiger partial charge in [-0.1, -0.05) is 0 Å². The average Bonchev–Trinajstić information content (AvgIpc) is 2.81. The van der Waals surface area contributed by atoms with Crippen molar-refractivity contribution in [2.24, 2.45) is 0 Å². The van der Waals surface area contributed by atoms with Crippen molar-refractivity contribution in [1.29, 1.82) is 0 Å². The second-order valence-electron chi connectivity index (χ2n) is 3.97. The molecule has 0 saturated carbocycles. The lowest BCUT2D eigenvalue weighted by molar-refractivity contribution is 1.21. The summed E-state index contributed by atoms with van der Waals surface area (Å²) in [5.74, 6) is 0.847. The summed E-state index contributed by atoms with van der Waals surface area (Å²) in [5, 5.41) is 0. The minimum absolute atomic E-state index is 0.754. The molecule has 3 aromatic rings. The maximum Gasteiger partial charge on any atom is 0.178 e. The van der Waals surface area contributed by atoms with E-state index in [1.807, 2.05) is 19.1 Å². The van der Waals surface area contributed by atoms with E-state index < -0.39 is 0 Å². The monoisotopic (exact) mass is 212 g/mol. The summed E-state index contributed by atoms with van der Waals surface area (Å²) in [6, 6.07) is 5.98. The number of hydrogen-bond acceptors (Lipinski definition) is 2. The molecule has 3 heterocycles. The van der Waals surface area contributed by atoms with Gasteiger partial charge >= 0.3 is 0 Å². The van der Waals surface area contributed by atoms with Gasteiger partial charge in [0.05, 0.1) is 11.2 Å². The first-order chi connectivity index (χ1) is 7.74.